The molecule has 0 aromatic heterocycles. The van der Waals surface area contributed by atoms with Crippen LogP contribution in [0.1, 0.15) is 12.5 Å². The minimum absolute atomic E-state index is 0.182. The molecule has 1 atom stereocenters. The van der Waals surface area contributed by atoms with Crippen LogP contribution in [0.3, 0.4) is 0 Å². The van der Waals surface area contributed by atoms with E-state index in [0.29, 0.717) is 18.7 Å². The van der Waals surface area contributed by atoms with Crippen molar-refractivity contribution in [2.75, 3.05) is 23.9 Å². The fourth-order valence-corrected chi connectivity index (χ4v) is 3.00. The average molecular weight is 339 g/mol. The quantitative estimate of drug-likeness (QED) is 0.900. The first kappa shape index (κ1) is 16.8. The summed E-state index contributed by atoms with van der Waals surface area (Å²) >= 11 is 0. The van der Waals surface area contributed by atoms with Gasteiger partial charge in [-0.15, -0.1) is 0 Å². The van der Waals surface area contributed by atoms with Crippen molar-refractivity contribution in [2.24, 2.45) is 0 Å². The van der Waals surface area contributed by atoms with Crippen molar-refractivity contribution in [3.8, 4) is 5.75 Å². The summed E-state index contributed by atoms with van der Waals surface area (Å²) in [4.78, 5) is 26.6. The Kier molecular flexibility index (Phi) is 4.88. The summed E-state index contributed by atoms with van der Waals surface area (Å²) in [6.45, 7) is 2.50. The van der Waals surface area contributed by atoms with Crippen LogP contribution in [-0.4, -0.2) is 31.6 Å². The van der Waals surface area contributed by atoms with Crippen molar-refractivity contribution < 1.29 is 14.3 Å². The molecule has 2 aromatic carbocycles. The number of nitrogens with zero attached hydrogens (tertiary/aromatic N) is 1. The van der Waals surface area contributed by atoms with E-state index in [0.717, 1.165) is 17.0 Å². The maximum absolute atomic E-state index is 12.8. The summed E-state index contributed by atoms with van der Waals surface area (Å²) in [7, 11) is 1.58. The second kappa shape index (κ2) is 7.25. The molecular weight excluding hydrogens is 318 g/mol. The number of carbonyl (C=O) groups excluding carboxylic acids is 2. The van der Waals surface area contributed by atoms with Gasteiger partial charge in [0.1, 0.15) is 11.8 Å². The Labute approximate surface area is 146 Å². The van der Waals surface area contributed by atoms with E-state index >= 15 is 0 Å². The number of rotatable bonds is 4. The van der Waals surface area contributed by atoms with Gasteiger partial charge in [-0.25, -0.2) is 4.79 Å². The third-order valence-corrected chi connectivity index (χ3v) is 4.16. The molecule has 0 fully saturated rings. The number of urea groups is 1. The predicted molar refractivity (Wildman–Crippen MR) is 97.1 cm³/mol. The number of likely N-dealkylation sites (N-methyl/N-ethyl adjacent to an activating group) is 1. The van der Waals surface area contributed by atoms with Crippen LogP contribution in [0, 0.1) is 0 Å². The highest BCUT2D eigenvalue weighted by Crippen LogP contribution is 2.32. The van der Waals surface area contributed by atoms with E-state index in [2.05, 4.69) is 10.6 Å². The number of fused-ring (bicyclic) bond motifs is 1. The topological polar surface area (TPSA) is 70.7 Å². The Hall–Kier alpha value is -3.02. The van der Waals surface area contributed by atoms with Gasteiger partial charge in [-0.05, 0) is 42.8 Å². The molecule has 0 radical (unpaired) electrons. The summed E-state index contributed by atoms with van der Waals surface area (Å²) in [5, 5.41) is 5.49. The standard InChI is InChI=1S/C19H21N3O3/c1-3-25-15-10-8-14(9-11-15)21-19(24)22-16-7-5-4-6-13(16)12-17(22)18(23)20-2/h4-11,17H,3,12H2,1-2H3,(H,20,23)(H,21,24). The monoisotopic (exact) mass is 339 g/mol. The first-order chi connectivity index (χ1) is 12.1. The molecule has 2 N–H and O–H groups in total. The third kappa shape index (κ3) is 3.42. The molecule has 130 valence electrons. The van der Waals surface area contributed by atoms with Crippen molar-refractivity contribution in [1.29, 1.82) is 0 Å². The van der Waals surface area contributed by atoms with E-state index in [4.69, 9.17) is 4.74 Å². The van der Waals surface area contributed by atoms with Gasteiger partial charge in [0.25, 0.3) is 0 Å². The summed E-state index contributed by atoms with van der Waals surface area (Å²) in [5.74, 6) is 0.563. The van der Waals surface area contributed by atoms with E-state index in [1.807, 2.05) is 31.2 Å². The lowest BCUT2D eigenvalue weighted by Crippen LogP contribution is -2.48. The van der Waals surface area contributed by atoms with Crippen LogP contribution in [-0.2, 0) is 11.2 Å². The molecule has 0 bridgehead atoms. The molecule has 1 heterocycles. The molecule has 0 saturated carbocycles. The highest BCUT2D eigenvalue weighted by atomic mass is 16.5. The molecule has 0 saturated heterocycles. The molecule has 1 aliphatic heterocycles. The summed E-state index contributed by atoms with van der Waals surface area (Å²) in [5.41, 5.74) is 2.39. The summed E-state index contributed by atoms with van der Waals surface area (Å²) in [6, 6.07) is 13.8. The molecule has 3 amide bonds. The zero-order valence-corrected chi connectivity index (χ0v) is 14.3. The lowest BCUT2D eigenvalue weighted by molar-refractivity contribution is -0.121. The van der Waals surface area contributed by atoms with Crippen molar-refractivity contribution in [3.05, 3.63) is 54.1 Å². The van der Waals surface area contributed by atoms with Gasteiger partial charge < -0.3 is 15.4 Å². The van der Waals surface area contributed by atoms with E-state index in [9.17, 15) is 9.59 Å². The number of para-hydroxylation sites is 1. The van der Waals surface area contributed by atoms with Gasteiger partial charge in [0, 0.05) is 24.8 Å². The zero-order valence-electron chi connectivity index (χ0n) is 14.3. The minimum Gasteiger partial charge on any atom is -0.494 e. The van der Waals surface area contributed by atoms with Crippen LogP contribution < -0.4 is 20.3 Å². The van der Waals surface area contributed by atoms with Gasteiger partial charge in [-0.1, -0.05) is 18.2 Å². The first-order valence-electron chi connectivity index (χ1n) is 8.26. The summed E-state index contributed by atoms with van der Waals surface area (Å²) in [6.07, 6.45) is 0.506. The second-order valence-corrected chi connectivity index (χ2v) is 5.72. The molecule has 1 aliphatic rings. The maximum atomic E-state index is 12.8. The molecule has 0 spiro atoms. The number of anilines is 2. The summed E-state index contributed by atoms with van der Waals surface area (Å²) < 4.78 is 5.40. The van der Waals surface area contributed by atoms with Gasteiger partial charge >= 0.3 is 6.03 Å². The Morgan fingerprint density at radius 1 is 1.16 bits per heavy atom. The highest BCUT2D eigenvalue weighted by Gasteiger charge is 2.37. The molecular formula is C19H21N3O3. The minimum atomic E-state index is -0.551. The van der Waals surface area contributed by atoms with Gasteiger partial charge in [-0.2, -0.15) is 0 Å². The van der Waals surface area contributed by atoms with Crippen molar-refractivity contribution in [2.45, 2.75) is 19.4 Å². The number of hydrogen-bond acceptors (Lipinski definition) is 3. The lowest BCUT2D eigenvalue weighted by Gasteiger charge is -2.24. The second-order valence-electron chi connectivity index (χ2n) is 5.72. The molecule has 25 heavy (non-hydrogen) atoms. The van der Waals surface area contributed by atoms with E-state index in [1.165, 1.54) is 4.90 Å². The van der Waals surface area contributed by atoms with E-state index < -0.39 is 6.04 Å². The van der Waals surface area contributed by atoms with Crippen molar-refractivity contribution >= 4 is 23.3 Å². The third-order valence-electron chi connectivity index (χ3n) is 4.16. The number of hydrogen-bond donors (Lipinski definition) is 2. The smallest absolute Gasteiger partial charge is 0.327 e. The number of nitrogens with one attached hydrogen (secondary N) is 2. The van der Waals surface area contributed by atoms with Gasteiger partial charge in [0.15, 0.2) is 0 Å². The van der Waals surface area contributed by atoms with Crippen LogP contribution in [0.25, 0.3) is 0 Å². The molecule has 6 heteroatoms. The predicted octanol–water partition coefficient (Wildman–Crippen LogP) is 2.79. The number of amides is 3. The molecule has 2 aromatic rings. The zero-order chi connectivity index (χ0) is 17.8. The van der Waals surface area contributed by atoms with Crippen LogP contribution >= 0.6 is 0 Å². The fraction of sp³-hybridized carbons (Fsp3) is 0.263. The fourth-order valence-electron chi connectivity index (χ4n) is 3.00. The average Bonchev–Trinajstić information content (AvgIpc) is 3.02. The highest BCUT2D eigenvalue weighted by molar-refractivity contribution is 6.08. The van der Waals surface area contributed by atoms with Crippen LogP contribution in [0.4, 0.5) is 16.2 Å². The van der Waals surface area contributed by atoms with Crippen LogP contribution in [0.15, 0.2) is 48.5 Å². The largest absolute Gasteiger partial charge is 0.494 e. The molecule has 0 aliphatic carbocycles. The normalized spacial score (nSPS) is 15.4. The Balaban J connectivity index is 1.82. The molecule has 1 unspecified atom stereocenters. The van der Waals surface area contributed by atoms with Crippen molar-refractivity contribution in [1.82, 2.24) is 5.32 Å². The number of carbonyl (C=O) groups is 2. The Bertz CT molecular complexity index is 774. The number of ether oxygens (including phenoxy) is 1. The van der Waals surface area contributed by atoms with Gasteiger partial charge in [0.2, 0.25) is 5.91 Å². The molecule has 3 rings (SSSR count). The SMILES string of the molecule is CCOc1ccc(NC(=O)N2c3ccccc3CC2C(=O)NC)cc1. The Morgan fingerprint density at radius 3 is 2.56 bits per heavy atom. The van der Waals surface area contributed by atoms with Crippen LogP contribution in [0.2, 0.25) is 0 Å². The lowest BCUT2D eigenvalue weighted by atomic mass is 10.1. The van der Waals surface area contributed by atoms with Gasteiger partial charge in [0.05, 0.1) is 6.61 Å². The van der Waals surface area contributed by atoms with Crippen molar-refractivity contribution in [3.63, 3.8) is 0 Å². The van der Waals surface area contributed by atoms with E-state index in [-0.39, 0.29) is 11.9 Å². The molecule has 6 nitrogen and oxygen atoms in total. The first-order valence-corrected chi connectivity index (χ1v) is 8.26. The van der Waals surface area contributed by atoms with Crippen LogP contribution in [0.5, 0.6) is 5.75 Å². The maximum Gasteiger partial charge on any atom is 0.327 e. The Morgan fingerprint density at radius 2 is 1.88 bits per heavy atom. The van der Waals surface area contributed by atoms with E-state index in [1.54, 1.807) is 31.3 Å². The van der Waals surface area contributed by atoms with Gasteiger partial charge in [-0.3, -0.25) is 9.69 Å². The number of benzene rings is 2.